The summed E-state index contributed by atoms with van der Waals surface area (Å²) >= 11 is 0. The minimum atomic E-state index is -4.02. The van der Waals surface area contributed by atoms with Gasteiger partial charge in [-0.15, -0.1) is 0 Å². The maximum absolute atomic E-state index is 14.6. The topological polar surface area (TPSA) is 17.1 Å². The number of allylic oxidation sites excluding steroid dienone is 10. The molecule has 0 amide bonds. The maximum Gasteiger partial charge on any atom is 0.389 e. The largest absolute Gasteiger partial charge is 0.389 e. The van der Waals surface area contributed by atoms with Gasteiger partial charge in [0.2, 0.25) is 0 Å². The van der Waals surface area contributed by atoms with E-state index in [9.17, 15) is 30.6 Å². The summed E-state index contributed by atoms with van der Waals surface area (Å²) in [6, 6.07) is 0. The van der Waals surface area contributed by atoms with E-state index < -0.39 is 45.5 Å². The molecule has 2 atom stereocenters. The predicted molar refractivity (Wildman–Crippen MR) is 210 cm³/mol. The van der Waals surface area contributed by atoms with Crippen molar-refractivity contribution in [2.75, 3.05) is 0 Å². The number of hydrogen-bond donors (Lipinski definition) is 0. The number of alkyl halides is 6. The molecule has 8 heteroatoms. The first-order valence-corrected chi connectivity index (χ1v) is 21.7. The Morgan fingerprint density at radius 2 is 0.750 bits per heavy atom. The standard InChI is InChI=1S/C44H68F6OS/c45-43(46,47)39-31-21-17-13-9-5-1-3-7-11-15-19-25-33-41(35-27-23-28-36-41)52(51)42(37-29-24-30-38-42)34-26-20-16-12-8-4-2-6-10-14-18-22-32-40-44(48,49)50/h19-20,23-30,35,37H,1-18,21-22,31-34,36,38-40H2/b25-19+,26-20+. The van der Waals surface area contributed by atoms with Gasteiger partial charge in [0.15, 0.2) is 0 Å². The predicted octanol–water partition coefficient (Wildman–Crippen LogP) is 15.6. The SMILES string of the molecule is O=S(C1(C/C=C/CCCCCCCCCCCCC(F)(F)F)C=CC=CC1)C1(C/C=C/CCCCCCCCCCCCC(F)(F)F)C=CC=CC1. The van der Waals surface area contributed by atoms with Gasteiger partial charge in [-0.3, -0.25) is 4.21 Å². The van der Waals surface area contributed by atoms with E-state index in [2.05, 4.69) is 72.9 Å². The van der Waals surface area contributed by atoms with E-state index >= 15 is 0 Å². The van der Waals surface area contributed by atoms with Crippen molar-refractivity contribution >= 4 is 10.8 Å². The summed E-state index contributed by atoms with van der Waals surface area (Å²) in [6.45, 7) is 0. The molecule has 2 aliphatic carbocycles. The molecule has 0 aliphatic heterocycles. The lowest BCUT2D eigenvalue weighted by atomic mass is 9.94. The third kappa shape index (κ3) is 21.8. The van der Waals surface area contributed by atoms with Crippen LogP contribution in [0.15, 0.2) is 72.9 Å². The monoisotopic (exact) mass is 758 g/mol. The second kappa shape index (κ2) is 26.9. The summed E-state index contributed by atoms with van der Waals surface area (Å²) < 4.78 is 87.0. The van der Waals surface area contributed by atoms with Crippen LogP contribution in [0, 0.1) is 0 Å². The van der Waals surface area contributed by atoms with Crippen molar-refractivity contribution in [2.45, 2.75) is 202 Å². The van der Waals surface area contributed by atoms with Crippen LogP contribution in [0.1, 0.15) is 180 Å². The highest BCUT2D eigenvalue weighted by atomic mass is 32.2. The van der Waals surface area contributed by atoms with E-state index in [-0.39, 0.29) is 12.8 Å². The molecule has 298 valence electrons. The van der Waals surface area contributed by atoms with E-state index in [0.29, 0.717) is 12.8 Å². The first kappa shape index (κ1) is 46.3. The van der Waals surface area contributed by atoms with Gasteiger partial charge in [0.1, 0.15) is 0 Å². The van der Waals surface area contributed by atoms with Crippen molar-refractivity contribution < 1.29 is 30.6 Å². The van der Waals surface area contributed by atoms with Gasteiger partial charge in [-0.2, -0.15) is 26.3 Å². The summed E-state index contributed by atoms with van der Waals surface area (Å²) in [4.78, 5) is 0. The Kier molecular flexibility index (Phi) is 23.9. The Balaban J connectivity index is 1.65. The van der Waals surface area contributed by atoms with Gasteiger partial charge >= 0.3 is 12.4 Å². The average molecular weight is 759 g/mol. The third-order valence-corrected chi connectivity index (χ3v) is 12.8. The molecule has 0 spiro atoms. The van der Waals surface area contributed by atoms with Gasteiger partial charge in [0.25, 0.3) is 0 Å². The molecule has 0 saturated carbocycles. The van der Waals surface area contributed by atoms with E-state index in [1.165, 1.54) is 38.5 Å². The lowest BCUT2D eigenvalue weighted by molar-refractivity contribution is -0.136. The van der Waals surface area contributed by atoms with Crippen LogP contribution in [0.3, 0.4) is 0 Å². The maximum atomic E-state index is 14.6. The summed E-state index contributed by atoms with van der Waals surface area (Å²) in [5, 5.41) is 0. The van der Waals surface area contributed by atoms with Crippen molar-refractivity contribution in [1.29, 1.82) is 0 Å². The summed E-state index contributed by atoms with van der Waals surface area (Å²) in [5.74, 6) is 0. The van der Waals surface area contributed by atoms with E-state index in [1.54, 1.807) is 0 Å². The first-order chi connectivity index (χ1) is 25.0. The van der Waals surface area contributed by atoms with Crippen LogP contribution in [0.25, 0.3) is 0 Å². The molecule has 0 saturated heterocycles. The van der Waals surface area contributed by atoms with Crippen LogP contribution in [0.5, 0.6) is 0 Å². The smallest absolute Gasteiger partial charge is 0.258 e. The molecule has 2 unspecified atom stereocenters. The fourth-order valence-electron chi connectivity index (χ4n) is 7.23. The van der Waals surface area contributed by atoms with Crippen LogP contribution < -0.4 is 0 Å². The average Bonchev–Trinajstić information content (AvgIpc) is 3.11. The second-order valence-corrected chi connectivity index (χ2v) is 17.3. The summed E-state index contributed by atoms with van der Waals surface area (Å²) in [5.41, 5.74) is 0. The normalized spacial score (nSPS) is 21.3. The van der Waals surface area contributed by atoms with E-state index in [4.69, 9.17) is 0 Å². The molecule has 1 nitrogen and oxygen atoms in total. The molecule has 0 aromatic carbocycles. The molecule has 0 bridgehead atoms. The lowest BCUT2D eigenvalue weighted by Gasteiger charge is -2.40. The van der Waals surface area contributed by atoms with Crippen LogP contribution >= 0.6 is 0 Å². The molecule has 2 aliphatic rings. The van der Waals surface area contributed by atoms with Crippen LogP contribution in [0.4, 0.5) is 26.3 Å². The molecular formula is C44H68F6OS. The van der Waals surface area contributed by atoms with Crippen molar-refractivity contribution in [3.63, 3.8) is 0 Å². The van der Waals surface area contributed by atoms with Gasteiger partial charge < -0.3 is 0 Å². The molecule has 0 heterocycles. The Hall–Kier alpha value is -1.83. The fourth-order valence-corrected chi connectivity index (χ4v) is 9.43. The Morgan fingerprint density at radius 3 is 1.04 bits per heavy atom. The fraction of sp³-hybridized carbons (Fsp3) is 0.727. The molecule has 52 heavy (non-hydrogen) atoms. The lowest BCUT2D eigenvalue weighted by Crippen LogP contribution is -2.46. The number of rotatable bonds is 30. The highest BCUT2D eigenvalue weighted by Gasteiger charge is 2.45. The first-order valence-electron chi connectivity index (χ1n) is 20.5. The van der Waals surface area contributed by atoms with Gasteiger partial charge in [0.05, 0.1) is 9.49 Å². The number of hydrogen-bond acceptors (Lipinski definition) is 1. The molecular weight excluding hydrogens is 691 g/mol. The zero-order chi connectivity index (χ0) is 37.9. The van der Waals surface area contributed by atoms with Crippen LogP contribution in [-0.2, 0) is 10.8 Å². The van der Waals surface area contributed by atoms with Gasteiger partial charge in [-0.05, 0) is 64.2 Å². The number of unbranched alkanes of at least 4 members (excludes halogenated alkanes) is 20. The zero-order valence-electron chi connectivity index (χ0n) is 31.8. The minimum absolute atomic E-state index is 0.255. The van der Waals surface area contributed by atoms with E-state index in [0.717, 1.165) is 103 Å². The molecule has 0 aromatic rings. The summed E-state index contributed by atoms with van der Waals surface area (Å²) in [6.07, 6.45) is 41.3. The van der Waals surface area contributed by atoms with Crippen LogP contribution in [0.2, 0.25) is 0 Å². The Bertz CT molecular complexity index is 1040. The minimum Gasteiger partial charge on any atom is -0.258 e. The van der Waals surface area contributed by atoms with E-state index in [1.807, 2.05) is 0 Å². The highest BCUT2D eigenvalue weighted by Crippen LogP contribution is 2.41. The second-order valence-electron chi connectivity index (χ2n) is 15.1. The molecule has 0 aromatic heterocycles. The van der Waals surface area contributed by atoms with Crippen molar-refractivity contribution in [3.8, 4) is 0 Å². The molecule has 0 fully saturated rings. The molecule has 0 radical (unpaired) electrons. The Morgan fingerprint density at radius 1 is 0.442 bits per heavy atom. The highest BCUT2D eigenvalue weighted by molar-refractivity contribution is 7.88. The number of halogens is 6. The van der Waals surface area contributed by atoms with Crippen LogP contribution in [-0.4, -0.2) is 26.1 Å². The summed E-state index contributed by atoms with van der Waals surface area (Å²) in [7, 11) is -1.13. The van der Waals surface area contributed by atoms with Gasteiger partial charge in [-0.25, -0.2) is 0 Å². The molecule has 0 N–H and O–H groups in total. The van der Waals surface area contributed by atoms with Crippen molar-refractivity contribution in [2.24, 2.45) is 0 Å². The van der Waals surface area contributed by atoms with Crippen molar-refractivity contribution in [1.82, 2.24) is 0 Å². The zero-order valence-corrected chi connectivity index (χ0v) is 32.6. The Labute approximate surface area is 315 Å². The molecule has 2 rings (SSSR count). The van der Waals surface area contributed by atoms with Gasteiger partial charge in [0, 0.05) is 23.6 Å². The van der Waals surface area contributed by atoms with Crippen molar-refractivity contribution in [3.05, 3.63) is 72.9 Å². The van der Waals surface area contributed by atoms with Gasteiger partial charge in [-0.1, -0.05) is 176 Å². The quantitative estimate of drug-likeness (QED) is 0.0405. The third-order valence-electron chi connectivity index (χ3n) is 10.4.